The second-order valence-electron chi connectivity index (χ2n) is 4.43. The fraction of sp³-hybridized carbons (Fsp3) is 0.700. The average molecular weight is 241 g/mol. The monoisotopic (exact) mass is 241 g/mol. The number of aryl methyl sites for hydroxylation is 1. The molecule has 1 heterocycles. The van der Waals surface area contributed by atoms with Crippen molar-refractivity contribution in [2.75, 3.05) is 26.0 Å². The van der Waals surface area contributed by atoms with Crippen LogP contribution < -0.4 is 16.6 Å². The maximum atomic E-state index is 11.8. The third-order valence-electron chi connectivity index (χ3n) is 2.34. The lowest BCUT2D eigenvalue weighted by molar-refractivity contribution is 0.391. The van der Waals surface area contributed by atoms with Gasteiger partial charge in [-0.1, -0.05) is 0 Å². The smallest absolute Gasteiger partial charge is 0.346 e. The Hall–Kier alpha value is -1.63. The quantitative estimate of drug-likeness (QED) is 0.720. The molecule has 0 spiro atoms. The van der Waals surface area contributed by atoms with Gasteiger partial charge in [-0.05, 0) is 21.0 Å². The van der Waals surface area contributed by atoms with Gasteiger partial charge in [0.05, 0.1) is 0 Å². The van der Waals surface area contributed by atoms with Crippen molar-refractivity contribution in [1.82, 2.24) is 19.2 Å². The Kier molecular flexibility index (Phi) is 4.06. The van der Waals surface area contributed by atoms with Crippen molar-refractivity contribution < 1.29 is 0 Å². The summed E-state index contributed by atoms with van der Waals surface area (Å²) in [4.78, 5) is 25.2. The first-order chi connectivity index (χ1) is 7.82. The molecule has 0 saturated heterocycles. The zero-order chi connectivity index (χ0) is 13.2. The van der Waals surface area contributed by atoms with Crippen LogP contribution in [-0.2, 0) is 14.1 Å². The van der Waals surface area contributed by atoms with Crippen LogP contribution in [0.5, 0.6) is 0 Å². The van der Waals surface area contributed by atoms with Crippen LogP contribution in [0.15, 0.2) is 9.59 Å². The Labute approximate surface area is 99.7 Å². The standard InChI is InChI=1S/C10H19N5O2/c1-7(6-13(2)3)11-8-9(16)14(4)10(17)15(5)12-8/h7H,6H2,1-5H3,(H,11,12). The SMILES string of the molecule is CC(CN(C)C)Nc1nn(C)c(=O)n(C)c1=O. The Morgan fingerprint density at radius 3 is 2.47 bits per heavy atom. The highest BCUT2D eigenvalue weighted by Crippen LogP contribution is 1.95. The molecule has 17 heavy (non-hydrogen) atoms. The summed E-state index contributed by atoms with van der Waals surface area (Å²) >= 11 is 0. The van der Waals surface area contributed by atoms with Crippen LogP contribution in [0, 0.1) is 0 Å². The maximum absolute atomic E-state index is 11.8. The van der Waals surface area contributed by atoms with Gasteiger partial charge in [0.25, 0.3) is 5.56 Å². The van der Waals surface area contributed by atoms with Crippen molar-refractivity contribution in [2.24, 2.45) is 14.1 Å². The lowest BCUT2D eigenvalue weighted by Gasteiger charge is -2.18. The van der Waals surface area contributed by atoms with Gasteiger partial charge in [-0.25, -0.2) is 9.48 Å². The fourth-order valence-corrected chi connectivity index (χ4v) is 1.62. The lowest BCUT2D eigenvalue weighted by Crippen LogP contribution is -2.42. The van der Waals surface area contributed by atoms with Gasteiger partial charge >= 0.3 is 5.69 Å². The fourth-order valence-electron chi connectivity index (χ4n) is 1.62. The normalized spacial score (nSPS) is 12.8. The minimum absolute atomic E-state index is 0.0719. The summed E-state index contributed by atoms with van der Waals surface area (Å²) in [5, 5.41) is 6.93. The number of hydrogen-bond donors (Lipinski definition) is 1. The molecule has 1 aromatic heterocycles. The number of rotatable bonds is 4. The van der Waals surface area contributed by atoms with Gasteiger partial charge in [-0.15, -0.1) is 5.10 Å². The van der Waals surface area contributed by atoms with Crippen molar-refractivity contribution >= 4 is 5.82 Å². The zero-order valence-electron chi connectivity index (χ0n) is 10.9. The highest BCUT2D eigenvalue weighted by atomic mass is 16.2. The van der Waals surface area contributed by atoms with Crippen molar-refractivity contribution in [3.63, 3.8) is 0 Å². The van der Waals surface area contributed by atoms with Gasteiger partial charge in [0.1, 0.15) is 0 Å². The van der Waals surface area contributed by atoms with Crippen LogP contribution in [0.25, 0.3) is 0 Å². The first-order valence-corrected chi connectivity index (χ1v) is 5.38. The molecule has 0 aliphatic carbocycles. The van der Waals surface area contributed by atoms with E-state index in [1.165, 1.54) is 14.1 Å². The molecule has 0 aromatic carbocycles. The minimum atomic E-state index is -0.430. The number of nitrogens with zero attached hydrogens (tertiary/aromatic N) is 4. The van der Waals surface area contributed by atoms with Crippen molar-refractivity contribution in [2.45, 2.75) is 13.0 Å². The second-order valence-corrected chi connectivity index (χ2v) is 4.43. The first-order valence-electron chi connectivity index (χ1n) is 5.38. The van der Waals surface area contributed by atoms with E-state index in [-0.39, 0.29) is 11.9 Å². The van der Waals surface area contributed by atoms with Gasteiger partial charge in [0.2, 0.25) is 5.82 Å². The third kappa shape index (κ3) is 3.16. The largest absolute Gasteiger partial charge is 0.360 e. The van der Waals surface area contributed by atoms with Crippen LogP contribution in [0.3, 0.4) is 0 Å². The van der Waals surface area contributed by atoms with E-state index in [9.17, 15) is 9.59 Å². The van der Waals surface area contributed by atoms with Crippen LogP contribution in [0.1, 0.15) is 6.92 Å². The second kappa shape index (κ2) is 5.13. The van der Waals surface area contributed by atoms with E-state index in [0.29, 0.717) is 0 Å². The summed E-state index contributed by atoms with van der Waals surface area (Å²) in [6.07, 6.45) is 0. The van der Waals surface area contributed by atoms with Gasteiger partial charge in [0, 0.05) is 26.7 Å². The molecule has 0 fully saturated rings. The number of anilines is 1. The molecule has 1 rings (SSSR count). The maximum Gasteiger partial charge on any atom is 0.346 e. The molecular formula is C10H19N5O2. The summed E-state index contributed by atoms with van der Waals surface area (Å²) in [7, 11) is 6.85. The van der Waals surface area contributed by atoms with Gasteiger partial charge in [-0.2, -0.15) is 0 Å². The van der Waals surface area contributed by atoms with Crippen molar-refractivity contribution in [3.8, 4) is 0 Å². The molecule has 0 amide bonds. The summed E-state index contributed by atoms with van der Waals surface area (Å²) in [5.74, 6) is 0.198. The van der Waals surface area contributed by atoms with Crippen LogP contribution in [-0.4, -0.2) is 45.9 Å². The molecule has 1 aromatic rings. The summed E-state index contributed by atoms with van der Waals surface area (Å²) in [5.41, 5.74) is -0.834. The van der Waals surface area contributed by atoms with Gasteiger partial charge in [0.15, 0.2) is 0 Å². The minimum Gasteiger partial charge on any atom is -0.360 e. The molecule has 1 N–H and O–H groups in total. The Morgan fingerprint density at radius 2 is 1.94 bits per heavy atom. The molecule has 1 unspecified atom stereocenters. The summed E-state index contributed by atoms with van der Waals surface area (Å²) in [6.45, 7) is 2.72. The molecular weight excluding hydrogens is 222 g/mol. The van der Waals surface area contributed by atoms with E-state index >= 15 is 0 Å². The average Bonchev–Trinajstić information content (AvgIpc) is 2.21. The summed E-state index contributed by atoms with van der Waals surface area (Å²) < 4.78 is 2.18. The van der Waals surface area contributed by atoms with Crippen LogP contribution in [0.2, 0.25) is 0 Å². The van der Waals surface area contributed by atoms with Crippen molar-refractivity contribution in [1.29, 1.82) is 0 Å². The van der Waals surface area contributed by atoms with Gasteiger partial charge in [-0.3, -0.25) is 9.36 Å². The predicted molar refractivity (Wildman–Crippen MR) is 66.4 cm³/mol. The first kappa shape index (κ1) is 13.4. The third-order valence-corrected chi connectivity index (χ3v) is 2.34. The van der Waals surface area contributed by atoms with E-state index in [0.717, 1.165) is 15.8 Å². The molecule has 96 valence electrons. The molecule has 0 bridgehead atoms. The van der Waals surface area contributed by atoms with E-state index in [1.807, 2.05) is 25.9 Å². The molecule has 0 radical (unpaired) electrons. The molecule has 7 nitrogen and oxygen atoms in total. The Balaban J connectivity index is 3.01. The topological polar surface area (TPSA) is 72.2 Å². The number of nitrogens with one attached hydrogen (secondary N) is 1. The summed E-state index contributed by atoms with van der Waals surface area (Å²) in [6, 6.07) is 0.0719. The highest BCUT2D eigenvalue weighted by molar-refractivity contribution is 5.30. The number of hydrogen-bond acceptors (Lipinski definition) is 5. The molecule has 1 atom stereocenters. The lowest BCUT2D eigenvalue weighted by atomic mass is 10.3. The number of aromatic nitrogens is 3. The Morgan fingerprint density at radius 1 is 1.35 bits per heavy atom. The molecule has 0 aliphatic rings. The predicted octanol–water partition coefficient (Wildman–Crippen LogP) is -1.16. The molecule has 0 aliphatic heterocycles. The molecule has 0 saturated carbocycles. The van der Waals surface area contributed by atoms with E-state index in [2.05, 4.69) is 10.4 Å². The number of likely N-dealkylation sites (N-methyl/N-ethyl adjacent to an activating group) is 1. The highest BCUT2D eigenvalue weighted by Gasteiger charge is 2.11. The van der Waals surface area contributed by atoms with E-state index in [4.69, 9.17) is 0 Å². The Bertz CT molecular complexity index is 502. The van der Waals surface area contributed by atoms with E-state index < -0.39 is 11.2 Å². The van der Waals surface area contributed by atoms with E-state index in [1.54, 1.807) is 0 Å². The zero-order valence-corrected chi connectivity index (χ0v) is 10.9. The van der Waals surface area contributed by atoms with Crippen molar-refractivity contribution in [3.05, 3.63) is 20.8 Å². The molecule has 7 heteroatoms. The van der Waals surface area contributed by atoms with Crippen LogP contribution in [0.4, 0.5) is 5.82 Å². The van der Waals surface area contributed by atoms with Gasteiger partial charge < -0.3 is 10.2 Å². The van der Waals surface area contributed by atoms with Crippen LogP contribution >= 0.6 is 0 Å².